The summed E-state index contributed by atoms with van der Waals surface area (Å²) in [5.41, 5.74) is -0.126. The van der Waals surface area contributed by atoms with E-state index in [9.17, 15) is 26.4 Å². The van der Waals surface area contributed by atoms with E-state index in [0.717, 1.165) is 43.4 Å². The molecule has 0 saturated heterocycles. The number of hydrogen-bond acceptors (Lipinski definition) is 6. The number of hydrogen-bond donors (Lipinski definition) is 0. The standard InChI is InChI=1S/C29H36F3NO5S2/c1-28(2,3)38-27(34)18-37-26-14-8-11-23-24(26)12-7-13-25(23)33(4)40(35,36)22-16-19(29(30,31)32)15-21(17-22)39-20-9-5-6-10-20/h8,11,14-17,20,25H,5-7,9-10,12-13,18H2,1-4H3. The van der Waals surface area contributed by atoms with Crippen LogP contribution in [-0.4, -0.2) is 43.2 Å². The normalized spacial score (nSPS) is 18.6. The van der Waals surface area contributed by atoms with Crippen LogP contribution in [0, 0.1) is 0 Å². The first-order valence-electron chi connectivity index (χ1n) is 13.5. The van der Waals surface area contributed by atoms with E-state index in [2.05, 4.69) is 0 Å². The minimum atomic E-state index is -4.67. The Morgan fingerprint density at radius 2 is 1.75 bits per heavy atom. The van der Waals surface area contributed by atoms with E-state index in [0.29, 0.717) is 35.5 Å². The van der Waals surface area contributed by atoms with Gasteiger partial charge in [-0.2, -0.15) is 17.5 Å². The summed E-state index contributed by atoms with van der Waals surface area (Å²) >= 11 is 1.32. The van der Waals surface area contributed by atoms with Crippen LogP contribution >= 0.6 is 11.8 Å². The van der Waals surface area contributed by atoms with E-state index in [1.54, 1.807) is 39.0 Å². The van der Waals surface area contributed by atoms with Gasteiger partial charge >= 0.3 is 12.1 Å². The number of halogens is 3. The number of carbonyl (C=O) groups is 1. The van der Waals surface area contributed by atoms with Gasteiger partial charge in [0, 0.05) is 17.2 Å². The molecule has 1 fully saturated rings. The summed E-state index contributed by atoms with van der Waals surface area (Å²) in [6.07, 6.45) is 0.948. The summed E-state index contributed by atoms with van der Waals surface area (Å²) in [5, 5.41) is 0.182. The van der Waals surface area contributed by atoms with E-state index >= 15 is 0 Å². The molecular weight excluding hydrogens is 563 g/mol. The minimum Gasteiger partial charge on any atom is -0.482 e. The molecule has 1 atom stereocenters. The van der Waals surface area contributed by atoms with Gasteiger partial charge < -0.3 is 9.47 Å². The fourth-order valence-corrected chi connectivity index (χ4v) is 8.15. The SMILES string of the molecule is CN(C1CCCc2c(OCC(=O)OC(C)(C)C)cccc21)S(=O)(=O)c1cc(SC2CCCC2)cc(C(F)(F)F)c1. The Balaban J connectivity index is 1.62. The highest BCUT2D eigenvalue weighted by Crippen LogP contribution is 2.43. The predicted octanol–water partition coefficient (Wildman–Crippen LogP) is 7.16. The van der Waals surface area contributed by atoms with Gasteiger partial charge in [-0.1, -0.05) is 25.0 Å². The van der Waals surface area contributed by atoms with Gasteiger partial charge in [-0.25, -0.2) is 13.2 Å². The molecule has 0 radical (unpaired) electrons. The lowest BCUT2D eigenvalue weighted by Crippen LogP contribution is -2.34. The average Bonchev–Trinajstić information content (AvgIpc) is 3.38. The summed E-state index contributed by atoms with van der Waals surface area (Å²) < 4.78 is 81.3. The molecule has 6 nitrogen and oxygen atoms in total. The van der Waals surface area contributed by atoms with Crippen LogP contribution in [0.2, 0.25) is 0 Å². The molecular formula is C29H36F3NO5S2. The van der Waals surface area contributed by atoms with Crippen molar-refractivity contribution >= 4 is 27.8 Å². The third-order valence-electron chi connectivity index (χ3n) is 7.13. The van der Waals surface area contributed by atoms with Crippen molar-refractivity contribution in [3.8, 4) is 5.75 Å². The Kier molecular flexibility index (Phi) is 9.16. The Bertz CT molecular complexity index is 1330. The molecule has 40 heavy (non-hydrogen) atoms. The van der Waals surface area contributed by atoms with E-state index in [1.165, 1.54) is 29.2 Å². The predicted molar refractivity (Wildman–Crippen MR) is 148 cm³/mol. The van der Waals surface area contributed by atoms with Crippen LogP contribution in [0.25, 0.3) is 0 Å². The fourth-order valence-electron chi connectivity index (χ4n) is 5.30. The van der Waals surface area contributed by atoms with Crippen LogP contribution in [0.3, 0.4) is 0 Å². The molecule has 11 heteroatoms. The molecule has 0 aromatic heterocycles. The number of esters is 1. The lowest BCUT2D eigenvalue weighted by atomic mass is 9.87. The van der Waals surface area contributed by atoms with Crippen molar-refractivity contribution < 1.29 is 35.9 Å². The van der Waals surface area contributed by atoms with Gasteiger partial charge in [0.1, 0.15) is 11.4 Å². The molecule has 0 amide bonds. The number of alkyl halides is 3. The number of sulfonamides is 1. The van der Waals surface area contributed by atoms with Crippen LogP contribution in [-0.2, 0) is 32.2 Å². The van der Waals surface area contributed by atoms with Gasteiger partial charge in [0.15, 0.2) is 6.61 Å². The van der Waals surface area contributed by atoms with E-state index in [4.69, 9.17) is 9.47 Å². The highest BCUT2D eigenvalue weighted by Gasteiger charge is 2.37. The second kappa shape index (κ2) is 11.9. The van der Waals surface area contributed by atoms with E-state index in [-0.39, 0.29) is 16.8 Å². The van der Waals surface area contributed by atoms with Gasteiger partial charge in [-0.15, -0.1) is 11.8 Å². The molecule has 0 bridgehead atoms. The third kappa shape index (κ3) is 7.33. The van der Waals surface area contributed by atoms with Crippen LogP contribution < -0.4 is 4.74 Å². The summed E-state index contributed by atoms with van der Waals surface area (Å²) in [7, 11) is -2.86. The van der Waals surface area contributed by atoms with Crippen molar-refractivity contribution in [2.45, 2.75) is 98.6 Å². The molecule has 0 heterocycles. The average molecular weight is 600 g/mol. The van der Waals surface area contributed by atoms with Gasteiger partial charge in [-0.05, 0) is 88.3 Å². The quantitative estimate of drug-likeness (QED) is 0.300. The topological polar surface area (TPSA) is 72.9 Å². The van der Waals surface area contributed by atoms with Gasteiger partial charge in [0.2, 0.25) is 10.0 Å². The van der Waals surface area contributed by atoms with Crippen LogP contribution in [0.4, 0.5) is 13.2 Å². The Morgan fingerprint density at radius 3 is 2.40 bits per heavy atom. The van der Waals surface area contributed by atoms with Gasteiger partial charge in [0.25, 0.3) is 0 Å². The largest absolute Gasteiger partial charge is 0.482 e. The van der Waals surface area contributed by atoms with E-state index < -0.39 is 39.4 Å². The van der Waals surface area contributed by atoms with Gasteiger partial charge in [-0.3, -0.25) is 0 Å². The molecule has 1 saturated carbocycles. The molecule has 1 unspecified atom stereocenters. The maximum absolute atomic E-state index is 13.8. The molecule has 2 aromatic carbocycles. The van der Waals surface area contributed by atoms with Crippen molar-refractivity contribution in [1.82, 2.24) is 4.31 Å². The number of benzene rings is 2. The maximum Gasteiger partial charge on any atom is 0.416 e. The highest BCUT2D eigenvalue weighted by atomic mass is 32.2. The zero-order valence-corrected chi connectivity index (χ0v) is 24.8. The van der Waals surface area contributed by atoms with Crippen molar-refractivity contribution in [3.05, 3.63) is 53.1 Å². The van der Waals surface area contributed by atoms with Gasteiger partial charge in [0.05, 0.1) is 16.5 Å². The van der Waals surface area contributed by atoms with Crippen molar-refractivity contribution in [2.24, 2.45) is 0 Å². The second-order valence-electron chi connectivity index (χ2n) is 11.3. The maximum atomic E-state index is 13.8. The Morgan fingerprint density at radius 1 is 1.05 bits per heavy atom. The second-order valence-corrected chi connectivity index (χ2v) is 14.7. The van der Waals surface area contributed by atoms with Crippen molar-refractivity contribution in [3.63, 3.8) is 0 Å². The number of rotatable bonds is 8. The number of ether oxygens (including phenoxy) is 2. The number of carbonyl (C=O) groups excluding carboxylic acids is 1. The summed E-state index contributed by atoms with van der Waals surface area (Å²) in [4.78, 5) is 12.1. The minimum absolute atomic E-state index is 0.182. The van der Waals surface area contributed by atoms with Crippen molar-refractivity contribution in [2.75, 3.05) is 13.7 Å². The molecule has 4 rings (SSSR count). The van der Waals surface area contributed by atoms with E-state index in [1.807, 2.05) is 0 Å². The molecule has 2 aliphatic rings. The summed E-state index contributed by atoms with van der Waals surface area (Å²) in [5.74, 6) is -0.0545. The number of thioether (sulfide) groups is 1. The first-order chi connectivity index (χ1) is 18.6. The molecule has 2 aliphatic carbocycles. The fraction of sp³-hybridized carbons (Fsp3) is 0.552. The lowest BCUT2D eigenvalue weighted by Gasteiger charge is -2.33. The first-order valence-corrected chi connectivity index (χ1v) is 15.8. The highest BCUT2D eigenvalue weighted by molar-refractivity contribution is 8.00. The smallest absolute Gasteiger partial charge is 0.416 e. The molecule has 0 aliphatic heterocycles. The first kappa shape index (κ1) is 30.7. The molecule has 0 N–H and O–H groups in total. The molecule has 2 aromatic rings. The monoisotopic (exact) mass is 599 g/mol. The zero-order chi connectivity index (χ0) is 29.3. The van der Waals surface area contributed by atoms with Crippen LogP contribution in [0.1, 0.15) is 82.0 Å². The number of nitrogens with zero attached hydrogens (tertiary/aromatic N) is 1. The zero-order valence-electron chi connectivity index (χ0n) is 23.2. The third-order valence-corrected chi connectivity index (χ3v) is 10.3. The Labute approximate surface area is 238 Å². The Hall–Kier alpha value is -2.24. The summed E-state index contributed by atoms with van der Waals surface area (Å²) in [6, 6.07) is 7.80. The lowest BCUT2D eigenvalue weighted by molar-refractivity contribution is -0.157. The van der Waals surface area contributed by atoms with Crippen LogP contribution in [0.5, 0.6) is 5.75 Å². The molecule has 0 spiro atoms. The summed E-state index contributed by atoms with van der Waals surface area (Å²) in [6.45, 7) is 4.99. The van der Waals surface area contributed by atoms with Crippen molar-refractivity contribution in [1.29, 1.82) is 0 Å². The number of fused-ring (bicyclic) bond motifs is 1. The molecule has 220 valence electrons. The van der Waals surface area contributed by atoms with Crippen LogP contribution in [0.15, 0.2) is 46.2 Å².